The van der Waals surface area contributed by atoms with Crippen molar-refractivity contribution in [3.05, 3.63) is 47.3 Å². The molecule has 0 fully saturated rings. The minimum atomic E-state index is -4.53. The summed E-state index contributed by atoms with van der Waals surface area (Å²) in [6, 6.07) is 5.60. The van der Waals surface area contributed by atoms with E-state index in [1.165, 1.54) is 12.1 Å². The molecule has 3 rings (SSSR count). The standard InChI is InChI=1S/C16H15F3N4O2/c1-23-5-4-11(22-23)7-20-13-3-2-10(6-12(13)16(17,18)19)14-9-25-15(24)8-21-14/h2-6,20H,7-9H2,1H3. The molecule has 1 aliphatic rings. The van der Waals surface area contributed by atoms with E-state index < -0.39 is 17.7 Å². The maximum atomic E-state index is 13.4. The van der Waals surface area contributed by atoms with Gasteiger partial charge in [0.05, 0.1) is 23.5 Å². The van der Waals surface area contributed by atoms with Crippen molar-refractivity contribution in [2.24, 2.45) is 12.0 Å². The van der Waals surface area contributed by atoms with E-state index in [-0.39, 0.29) is 30.9 Å². The molecule has 1 N–H and O–H groups in total. The van der Waals surface area contributed by atoms with Gasteiger partial charge in [-0.2, -0.15) is 18.3 Å². The van der Waals surface area contributed by atoms with Gasteiger partial charge in [-0.25, -0.2) is 0 Å². The van der Waals surface area contributed by atoms with Gasteiger partial charge in [0.1, 0.15) is 13.2 Å². The lowest BCUT2D eigenvalue weighted by Gasteiger charge is -2.18. The number of hydrogen-bond donors (Lipinski definition) is 1. The van der Waals surface area contributed by atoms with Gasteiger partial charge in [-0.05, 0) is 23.8 Å². The fraction of sp³-hybridized carbons (Fsp3) is 0.312. The third-order valence-corrected chi connectivity index (χ3v) is 3.66. The van der Waals surface area contributed by atoms with Crippen molar-refractivity contribution in [3.8, 4) is 0 Å². The molecule has 0 saturated carbocycles. The number of carbonyl (C=O) groups excluding carboxylic acids is 1. The average molecular weight is 352 g/mol. The normalized spacial score (nSPS) is 14.9. The number of esters is 1. The van der Waals surface area contributed by atoms with E-state index >= 15 is 0 Å². The highest BCUT2D eigenvalue weighted by Crippen LogP contribution is 2.36. The third-order valence-electron chi connectivity index (χ3n) is 3.66. The van der Waals surface area contributed by atoms with Crippen molar-refractivity contribution in [3.63, 3.8) is 0 Å². The van der Waals surface area contributed by atoms with Crippen LogP contribution in [0.25, 0.3) is 0 Å². The molecule has 25 heavy (non-hydrogen) atoms. The number of hydrogen-bond acceptors (Lipinski definition) is 5. The van der Waals surface area contributed by atoms with Crippen LogP contribution in [-0.4, -0.2) is 34.6 Å². The zero-order valence-electron chi connectivity index (χ0n) is 13.3. The summed E-state index contributed by atoms with van der Waals surface area (Å²) in [4.78, 5) is 15.0. The Bertz CT molecular complexity index is 827. The summed E-state index contributed by atoms with van der Waals surface area (Å²) in [7, 11) is 1.73. The van der Waals surface area contributed by atoms with Gasteiger partial charge in [0.15, 0.2) is 0 Å². The number of nitrogens with one attached hydrogen (secondary N) is 1. The largest absolute Gasteiger partial charge is 0.458 e. The molecule has 1 aliphatic heterocycles. The first-order chi connectivity index (χ1) is 11.8. The summed E-state index contributed by atoms with van der Waals surface area (Å²) < 4.78 is 46.6. The molecule has 1 aromatic carbocycles. The number of nitrogens with zero attached hydrogens (tertiary/aromatic N) is 3. The summed E-state index contributed by atoms with van der Waals surface area (Å²) >= 11 is 0. The smallest absolute Gasteiger partial charge is 0.418 e. The number of aliphatic imine (C=N–C) groups is 1. The molecule has 6 nitrogen and oxygen atoms in total. The lowest BCUT2D eigenvalue weighted by molar-refractivity contribution is -0.141. The minimum absolute atomic E-state index is 0.0460. The highest BCUT2D eigenvalue weighted by atomic mass is 19.4. The number of rotatable bonds is 4. The van der Waals surface area contributed by atoms with E-state index in [1.54, 1.807) is 24.0 Å². The van der Waals surface area contributed by atoms with Crippen LogP contribution in [-0.2, 0) is 29.3 Å². The van der Waals surface area contributed by atoms with Crippen LogP contribution >= 0.6 is 0 Å². The van der Waals surface area contributed by atoms with E-state index in [0.29, 0.717) is 11.4 Å². The molecular formula is C16H15F3N4O2. The number of ether oxygens (including phenoxy) is 1. The first-order valence-corrected chi connectivity index (χ1v) is 7.46. The zero-order valence-corrected chi connectivity index (χ0v) is 13.3. The van der Waals surface area contributed by atoms with Gasteiger partial charge >= 0.3 is 12.1 Å². The van der Waals surface area contributed by atoms with Crippen LogP contribution in [0.2, 0.25) is 0 Å². The number of aromatic nitrogens is 2. The van der Waals surface area contributed by atoms with Crippen LogP contribution in [0, 0.1) is 0 Å². The monoisotopic (exact) mass is 352 g/mol. The number of alkyl halides is 3. The highest BCUT2D eigenvalue weighted by Gasteiger charge is 2.34. The summed E-state index contributed by atoms with van der Waals surface area (Å²) in [6.45, 7) is -0.144. The summed E-state index contributed by atoms with van der Waals surface area (Å²) in [6.07, 6.45) is -2.82. The summed E-state index contributed by atoms with van der Waals surface area (Å²) in [5, 5.41) is 6.89. The van der Waals surface area contributed by atoms with Crippen molar-refractivity contribution < 1.29 is 22.7 Å². The molecule has 0 unspecified atom stereocenters. The molecule has 0 amide bonds. The molecule has 0 atom stereocenters. The average Bonchev–Trinajstić information content (AvgIpc) is 2.98. The molecule has 2 heterocycles. The van der Waals surface area contributed by atoms with Crippen LogP contribution in [0.5, 0.6) is 0 Å². The summed E-state index contributed by atoms with van der Waals surface area (Å²) in [5.74, 6) is -0.492. The van der Waals surface area contributed by atoms with E-state index in [1.807, 2.05) is 0 Å². The van der Waals surface area contributed by atoms with E-state index in [9.17, 15) is 18.0 Å². The molecular weight excluding hydrogens is 337 g/mol. The fourth-order valence-electron chi connectivity index (χ4n) is 2.43. The third kappa shape index (κ3) is 3.98. The lowest BCUT2D eigenvalue weighted by Crippen LogP contribution is -2.24. The maximum absolute atomic E-state index is 13.4. The Morgan fingerprint density at radius 3 is 2.72 bits per heavy atom. The number of benzene rings is 1. The van der Waals surface area contributed by atoms with Crippen LogP contribution < -0.4 is 5.32 Å². The highest BCUT2D eigenvalue weighted by molar-refractivity contribution is 6.04. The Labute approximate surface area is 141 Å². The second-order valence-corrected chi connectivity index (χ2v) is 5.52. The number of carbonyl (C=O) groups is 1. The Hall–Kier alpha value is -2.84. The molecule has 0 aliphatic carbocycles. The van der Waals surface area contributed by atoms with Gasteiger partial charge in [-0.15, -0.1) is 0 Å². The quantitative estimate of drug-likeness (QED) is 0.858. The first kappa shape index (κ1) is 17.0. The predicted octanol–water partition coefficient (Wildman–Crippen LogP) is 2.40. The van der Waals surface area contributed by atoms with Crippen LogP contribution in [0.15, 0.2) is 35.5 Å². The van der Waals surface area contributed by atoms with E-state index in [2.05, 4.69) is 15.4 Å². The number of halogens is 3. The molecule has 0 saturated heterocycles. The second kappa shape index (κ2) is 6.58. The van der Waals surface area contributed by atoms with Crippen LogP contribution in [0.3, 0.4) is 0 Å². The molecule has 9 heteroatoms. The molecule has 1 aromatic heterocycles. The van der Waals surface area contributed by atoms with E-state index in [4.69, 9.17) is 4.74 Å². The van der Waals surface area contributed by atoms with Gasteiger partial charge in [-0.1, -0.05) is 6.07 Å². The predicted molar refractivity (Wildman–Crippen MR) is 84.3 cm³/mol. The van der Waals surface area contributed by atoms with Gasteiger partial charge in [0, 0.05) is 18.9 Å². The fourth-order valence-corrected chi connectivity index (χ4v) is 2.43. The molecule has 2 aromatic rings. The van der Waals surface area contributed by atoms with Crippen molar-refractivity contribution in [2.75, 3.05) is 18.5 Å². The Kier molecular flexibility index (Phi) is 4.47. The van der Waals surface area contributed by atoms with Gasteiger partial charge < -0.3 is 10.1 Å². The topological polar surface area (TPSA) is 68.5 Å². The Morgan fingerprint density at radius 1 is 1.32 bits per heavy atom. The van der Waals surface area contributed by atoms with Gasteiger partial charge in [0.25, 0.3) is 0 Å². The molecule has 132 valence electrons. The summed E-state index contributed by atoms with van der Waals surface area (Å²) in [5.41, 5.74) is 0.378. The van der Waals surface area contributed by atoms with Crippen molar-refractivity contribution in [1.82, 2.24) is 9.78 Å². The zero-order chi connectivity index (χ0) is 18.0. The molecule has 0 spiro atoms. The lowest BCUT2D eigenvalue weighted by atomic mass is 10.0. The number of cyclic esters (lactones) is 1. The van der Waals surface area contributed by atoms with Crippen molar-refractivity contribution in [2.45, 2.75) is 12.7 Å². The van der Waals surface area contributed by atoms with Crippen molar-refractivity contribution in [1.29, 1.82) is 0 Å². The van der Waals surface area contributed by atoms with Gasteiger partial charge in [0.2, 0.25) is 0 Å². The van der Waals surface area contributed by atoms with Crippen LogP contribution in [0.1, 0.15) is 16.8 Å². The van der Waals surface area contributed by atoms with Crippen molar-refractivity contribution >= 4 is 17.4 Å². The minimum Gasteiger partial charge on any atom is -0.458 e. The number of anilines is 1. The second-order valence-electron chi connectivity index (χ2n) is 5.52. The maximum Gasteiger partial charge on any atom is 0.418 e. The Balaban J connectivity index is 1.86. The van der Waals surface area contributed by atoms with E-state index in [0.717, 1.165) is 6.07 Å². The Morgan fingerprint density at radius 2 is 2.12 bits per heavy atom. The number of aryl methyl sites for hydroxylation is 1. The van der Waals surface area contributed by atoms with Gasteiger partial charge in [-0.3, -0.25) is 14.5 Å². The van der Waals surface area contributed by atoms with Crippen LogP contribution in [0.4, 0.5) is 18.9 Å². The first-order valence-electron chi connectivity index (χ1n) is 7.46. The molecule has 0 bridgehead atoms. The molecule has 0 radical (unpaired) electrons. The SMILES string of the molecule is Cn1ccc(CNc2ccc(C3=NCC(=O)OC3)cc2C(F)(F)F)n1.